The molecule has 11 N–H and O–H groups in total. The van der Waals surface area contributed by atoms with Crippen LogP contribution in [-0.4, -0.2) is 94.6 Å². The summed E-state index contributed by atoms with van der Waals surface area (Å²) in [6, 6.07) is 11.7. The van der Waals surface area contributed by atoms with Crippen LogP contribution >= 0.6 is 0 Å². The molecule has 0 bridgehead atoms. The minimum absolute atomic E-state index is 0.0607. The van der Waals surface area contributed by atoms with Crippen LogP contribution in [0.1, 0.15) is 45.3 Å². The predicted molar refractivity (Wildman–Crippen MR) is 210 cm³/mol. The zero-order valence-corrected chi connectivity index (χ0v) is 31.3. The molecule has 0 radical (unpaired) electrons. The van der Waals surface area contributed by atoms with Gasteiger partial charge in [0, 0.05) is 63.6 Å². The number of nitrogen functional groups attached to an aromatic ring is 1. The van der Waals surface area contributed by atoms with E-state index in [-0.39, 0.29) is 28.3 Å². The number of imidazole rings is 1. The predicted octanol–water partition coefficient (Wildman–Crippen LogP) is 2.28. The summed E-state index contributed by atoms with van der Waals surface area (Å²) in [5.41, 5.74) is 15.5. The fourth-order valence-corrected chi connectivity index (χ4v) is 4.92. The Morgan fingerprint density at radius 2 is 1.68 bits per heavy atom. The SMILES string of the molecule is CC(=O)O.CNc1ccc(CCCc2cc(NC)c(C(=O)O)cc2N2CCOCC2)c(F)c1.N/C(C=O)=C\C=C(/N)n1ccnc1.N=c1ccc(C=O)nn1N. The summed E-state index contributed by atoms with van der Waals surface area (Å²) < 4.78 is 21.3. The average molecular weight is 778 g/mol. The molecule has 2 aromatic heterocycles. The van der Waals surface area contributed by atoms with Crippen molar-refractivity contribution in [1.82, 2.24) is 19.4 Å². The van der Waals surface area contributed by atoms with Crippen molar-refractivity contribution in [3.05, 3.63) is 113 Å². The largest absolute Gasteiger partial charge is 0.481 e. The topological polar surface area (TPSA) is 283 Å². The number of aromatic nitrogens is 4. The third-order valence-corrected chi connectivity index (χ3v) is 7.69. The highest BCUT2D eigenvalue weighted by molar-refractivity contribution is 5.96. The third kappa shape index (κ3) is 15.1. The summed E-state index contributed by atoms with van der Waals surface area (Å²) in [6.07, 6.45) is 11.1. The molecule has 1 saturated heterocycles. The van der Waals surface area contributed by atoms with Crippen LogP contribution in [0.4, 0.5) is 21.5 Å². The Hall–Kier alpha value is -7.02. The summed E-state index contributed by atoms with van der Waals surface area (Å²) in [5, 5.41) is 33.5. The number of morpholine rings is 1. The van der Waals surface area contributed by atoms with Crippen molar-refractivity contribution >= 4 is 47.4 Å². The fourth-order valence-electron chi connectivity index (χ4n) is 4.92. The van der Waals surface area contributed by atoms with Crippen molar-refractivity contribution < 1.29 is 38.5 Å². The quantitative estimate of drug-likeness (QED) is 0.0443. The lowest BCUT2D eigenvalue weighted by Gasteiger charge is -2.31. The van der Waals surface area contributed by atoms with E-state index < -0.39 is 11.9 Å². The van der Waals surface area contributed by atoms with Crippen LogP contribution in [0.15, 0.2) is 79.0 Å². The molecular formula is C37H48FN11O7. The monoisotopic (exact) mass is 777 g/mol. The van der Waals surface area contributed by atoms with Crippen LogP contribution in [0.3, 0.4) is 0 Å². The summed E-state index contributed by atoms with van der Waals surface area (Å²) in [6.45, 7) is 3.79. The maximum absolute atomic E-state index is 14.3. The van der Waals surface area contributed by atoms with Gasteiger partial charge in [-0.3, -0.25) is 24.4 Å². The zero-order chi connectivity index (χ0) is 41.6. The van der Waals surface area contributed by atoms with Crippen molar-refractivity contribution in [2.24, 2.45) is 11.5 Å². The number of hydrogen-bond acceptors (Lipinski definition) is 14. The highest BCUT2D eigenvalue weighted by Crippen LogP contribution is 2.30. The molecule has 18 nitrogen and oxygen atoms in total. The van der Waals surface area contributed by atoms with Gasteiger partial charge in [0.15, 0.2) is 18.1 Å². The number of nitrogens with two attached hydrogens (primary N) is 3. The van der Waals surface area contributed by atoms with E-state index in [1.54, 1.807) is 43.4 Å². The van der Waals surface area contributed by atoms with E-state index in [9.17, 15) is 23.9 Å². The van der Waals surface area contributed by atoms with Gasteiger partial charge in [0.2, 0.25) is 0 Å². The average Bonchev–Trinajstić information content (AvgIpc) is 3.74. The molecule has 1 aliphatic heterocycles. The van der Waals surface area contributed by atoms with E-state index in [0.29, 0.717) is 49.3 Å². The lowest BCUT2D eigenvalue weighted by Crippen LogP contribution is -2.37. The number of rotatable bonds is 12. The molecule has 0 unspecified atom stereocenters. The van der Waals surface area contributed by atoms with Gasteiger partial charge in [-0.2, -0.15) is 4.79 Å². The number of nitrogens with one attached hydrogen (secondary N) is 3. The first-order chi connectivity index (χ1) is 26.7. The van der Waals surface area contributed by atoms with Crippen molar-refractivity contribution in [2.75, 3.05) is 61.8 Å². The molecule has 300 valence electrons. The molecule has 56 heavy (non-hydrogen) atoms. The van der Waals surface area contributed by atoms with Crippen LogP contribution in [0.25, 0.3) is 5.82 Å². The number of aromatic carboxylic acids is 1. The van der Waals surface area contributed by atoms with E-state index in [4.69, 9.17) is 37.4 Å². The number of benzene rings is 2. The molecule has 0 atom stereocenters. The summed E-state index contributed by atoms with van der Waals surface area (Å²) in [4.78, 5) is 47.7. The zero-order valence-electron chi connectivity index (χ0n) is 31.3. The second kappa shape index (κ2) is 23.6. The molecule has 0 aliphatic carbocycles. The van der Waals surface area contributed by atoms with E-state index in [1.165, 1.54) is 30.4 Å². The van der Waals surface area contributed by atoms with Gasteiger partial charge >= 0.3 is 5.97 Å². The van der Waals surface area contributed by atoms with Gasteiger partial charge < -0.3 is 47.8 Å². The van der Waals surface area contributed by atoms with Crippen LogP contribution in [-0.2, 0) is 27.2 Å². The van der Waals surface area contributed by atoms with Gasteiger partial charge in [-0.15, -0.1) is 5.10 Å². The number of carboxylic acids is 2. The number of aryl methyl sites for hydroxylation is 2. The number of aliphatic carboxylic acids is 1. The fraction of sp³-hybridized carbons (Fsp3) is 0.270. The van der Waals surface area contributed by atoms with Crippen molar-refractivity contribution in [2.45, 2.75) is 26.2 Å². The second-order valence-corrected chi connectivity index (χ2v) is 11.7. The maximum Gasteiger partial charge on any atom is 0.337 e. The van der Waals surface area contributed by atoms with E-state index >= 15 is 0 Å². The molecule has 3 heterocycles. The molecule has 19 heteroatoms. The molecule has 1 fully saturated rings. The summed E-state index contributed by atoms with van der Waals surface area (Å²) in [7, 11) is 3.49. The number of hydrogen-bond donors (Lipinski definition) is 8. The minimum atomic E-state index is -0.956. The van der Waals surface area contributed by atoms with Gasteiger partial charge in [0.1, 0.15) is 23.7 Å². The van der Waals surface area contributed by atoms with Crippen LogP contribution < -0.4 is 38.3 Å². The Labute approximate surface area is 322 Å². The molecule has 0 saturated carbocycles. The maximum atomic E-state index is 14.3. The van der Waals surface area contributed by atoms with E-state index in [0.717, 1.165) is 54.6 Å². The standard InChI is InChI=1S/C22H28FN3O3.C8H10N4O.C5H6N4O.C2H4O2/c1-24-17-7-6-15(19(23)13-17)4-3-5-16-12-20(25-2)18(22(27)28)14-21(16)26-8-10-29-11-9-26;9-7(5-13)1-2-8(10)12-4-3-11-6-12;6-5-2-1-4(3-10)8-9(5)7;1-2(3)4/h6-7,12-14,24-25H,3-5,8-11H2,1-2H3,(H,27,28);1-6H,9-10H2;1-3,6H,7H2;1H3,(H,3,4)/b;7-1-,8-2+;;. The first kappa shape index (κ1) is 45.1. The Bertz CT molecular complexity index is 2020. The molecule has 4 aromatic rings. The van der Waals surface area contributed by atoms with Gasteiger partial charge in [-0.1, -0.05) is 6.07 Å². The van der Waals surface area contributed by atoms with Gasteiger partial charge in [-0.05, 0) is 78.9 Å². The molecule has 2 aromatic carbocycles. The molecule has 1 aliphatic rings. The number of aldehydes is 2. The van der Waals surface area contributed by atoms with E-state index in [2.05, 4.69) is 25.6 Å². The number of carboxylic acid groups (broad SMARTS) is 2. The number of anilines is 3. The Balaban J connectivity index is 0.000000328. The van der Waals surface area contributed by atoms with Gasteiger partial charge in [0.05, 0.1) is 24.5 Å². The normalized spacial score (nSPS) is 12.3. The lowest BCUT2D eigenvalue weighted by molar-refractivity contribution is -0.134. The van der Waals surface area contributed by atoms with Gasteiger partial charge in [-0.25, -0.2) is 14.2 Å². The molecular weight excluding hydrogens is 729 g/mol. The highest BCUT2D eigenvalue weighted by Gasteiger charge is 2.20. The van der Waals surface area contributed by atoms with Crippen LogP contribution in [0.2, 0.25) is 0 Å². The lowest BCUT2D eigenvalue weighted by atomic mass is 9.98. The van der Waals surface area contributed by atoms with Crippen LogP contribution in [0.5, 0.6) is 0 Å². The number of carbonyl (C=O) groups is 4. The third-order valence-electron chi connectivity index (χ3n) is 7.69. The number of nitrogens with zero attached hydrogens (tertiary/aromatic N) is 5. The highest BCUT2D eigenvalue weighted by atomic mass is 19.1. The Morgan fingerprint density at radius 3 is 2.21 bits per heavy atom. The van der Waals surface area contributed by atoms with Crippen molar-refractivity contribution in [3.8, 4) is 0 Å². The molecule has 0 spiro atoms. The van der Waals surface area contributed by atoms with Crippen molar-refractivity contribution in [1.29, 1.82) is 5.41 Å². The van der Waals surface area contributed by atoms with E-state index in [1.807, 2.05) is 18.2 Å². The number of allylic oxidation sites excluding steroid dienone is 3. The van der Waals surface area contributed by atoms with Crippen LogP contribution in [0, 0.1) is 11.2 Å². The number of ether oxygens (including phenoxy) is 1. The molecule has 0 amide bonds. The second-order valence-electron chi connectivity index (χ2n) is 11.7. The van der Waals surface area contributed by atoms with Crippen molar-refractivity contribution in [3.63, 3.8) is 0 Å². The summed E-state index contributed by atoms with van der Waals surface area (Å²) in [5.74, 6) is 3.61. The Morgan fingerprint density at radius 1 is 1.00 bits per heavy atom. The first-order valence-electron chi connectivity index (χ1n) is 17.0. The smallest absolute Gasteiger partial charge is 0.337 e. The molecule has 5 rings (SSSR count). The Kier molecular flexibility index (Phi) is 19.0. The number of carbonyl (C=O) groups excluding carboxylic acids is 2. The van der Waals surface area contributed by atoms with Gasteiger partial charge in [0.25, 0.3) is 5.97 Å². The summed E-state index contributed by atoms with van der Waals surface area (Å²) >= 11 is 0. The first-order valence-corrected chi connectivity index (χ1v) is 17.0. The number of halogens is 1. The minimum Gasteiger partial charge on any atom is -0.481 e.